The van der Waals surface area contributed by atoms with Crippen LogP contribution in [0.2, 0.25) is 0 Å². The highest BCUT2D eigenvalue weighted by molar-refractivity contribution is 5.94. The first kappa shape index (κ1) is 27.3. The fraction of sp³-hybridized carbons (Fsp3) is 0.219. The number of hydrogen-bond acceptors (Lipinski definition) is 8. The third-order valence-corrected chi connectivity index (χ3v) is 7.81. The van der Waals surface area contributed by atoms with Crippen LogP contribution in [0.1, 0.15) is 44.5 Å². The molecule has 5 rings (SSSR count). The van der Waals surface area contributed by atoms with Crippen molar-refractivity contribution in [3.05, 3.63) is 101 Å². The molecule has 0 aliphatic heterocycles. The highest BCUT2D eigenvalue weighted by atomic mass is 16.1. The molecule has 0 bridgehead atoms. The smallest absolute Gasteiger partial charge is 0.266 e. The lowest BCUT2D eigenvalue weighted by Gasteiger charge is -2.37. The maximum atomic E-state index is 14.5. The number of benzene rings is 3. The van der Waals surface area contributed by atoms with Gasteiger partial charge in [0.05, 0.1) is 22.8 Å². The van der Waals surface area contributed by atoms with Gasteiger partial charge in [0.25, 0.3) is 5.56 Å². The van der Waals surface area contributed by atoms with Gasteiger partial charge in [-0.3, -0.25) is 9.36 Å². The van der Waals surface area contributed by atoms with Crippen LogP contribution >= 0.6 is 0 Å². The Kier molecular flexibility index (Phi) is 7.40. The van der Waals surface area contributed by atoms with Crippen LogP contribution in [0, 0.1) is 11.3 Å². The molecule has 206 valence electrons. The quantitative estimate of drug-likeness (QED) is 0.226. The van der Waals surface area contributed by atoms with Gasteiger partial charge in [0.1, 0.15) is 23.3 Å². The topological polar surface area (TPSA) is 135 Å². The fourth-order valence-corrected chi connectivity index (χ4v) is 5.08. The summed E-state index contributed by atoms with van der Waals surface area (Å²) >= 11 is 0. The number of para-hydroxylation sites is 1. The van der Waals surface area contributed by atoms with E-state index in [4.69, 9.17) is 10.7 Å². The van der Waals surface area contributed by atoms with Gasteiger partial charge >= 0.3 is 0 Å². The van der Waals surface area contributed by atoms with Gasteiger partial charge in [-0.2, -0.15) is 10.2 Å². The Labute approximate surface area is 238 Å². The van der Waals surface area contributed by atoms with Crippen LogP contribution < -0.4 is 21.9 Å². The maximum absolute atomic E-state index is 14.5. The van der Waals surface area contributed by atoms with Gasteiger partial charge in [-0.15, -0.1) is 0 Å². The van der Waals surface area contributed by atoms with E-state index in [2.05, 4.69) is 26.7 Å². The predicted molar refractivity (Wildman–Crippen MR) is 164 cm³/mol. The zero-order valence-corrected chi connectivity index (χ0v) is 23.5. The molecule has 0 radical (unpaired) electrons. The second kappa shape index (κ2) is 11.1. The van der Waals surface area contributed by atoms with Gasteiger partial charge in [-0.25, -0.2) is 9.97 Å². The molecule has 0 saturated heterocycles. The number of hydrogen-bond donors (Lipinski definition) is 3. The van der Waals surface area contributed by atoms with Gasteiger partial charge in [0.2, 0.25) is 5.95 Å². The second-order valence-corrected chi connectivity index (χ2v) is 10.2. The van der Waals surface area contributed by atoms with Gasteiger partial charge in [0.15, 0.2) is 0 Å². The van der Waals surface area contributed by atoms with Crippen molar-refractivity contribution in [2.24, 2.45) is 0 Å². The Balaban J connectivity index is 1.75. The van der Waals surface area contributed by atoms with Crippen LogP contribution in [0.5, 0.6) is 0 Å². The highest BCUT2D eigenvalue weighted by Gasteiger charge is 2.35. The minimum atomic E-state index is -0.658. The highest BCUT2D eigenvalue weighted by Crippen LogP contribution is 2.36. The van der Waals surface area contributed by atoms with E-state index in [1.165, 1.54) is 6.20 Å². The van der Waals surface area contributed by atoms with E-state index in [0.29, 0.717) is 29.0 Å². The van der Waals surface area contributed by atoms with E-state index in [0.717, 1.165) is 22.5 Å². The van der Waals surface area contributed by atoms with Crippen molar-refractivity contribution in [3.63, 3.8) is 0 Å². The molecule has 9 nitrogen and oxygen atoms in total. The number of nitrogens with one attached hydrogen (secondary N) is 2. The van der Waals surface area contributed by atoms with E-state index < -0.39 is 5.54 Å². The zero-order valence-electron chi connectivity index (χ0n) is 23.5. The SMILES string of the molecule is CCC(C)(Nc1nc(N)ncc1C#N)C(C)c1nc2cccc(-c3cccc(NC)c3)c2c(=O)n1-c1ccccc1. The minimum Gasteiger partial charge on any atom is -0.388 e. The van der Waals surface area contributed by atoms with Crippen molar-refractivity contribution >= 4 is 28.4 Å². The van der Waals surface area contributed by atoms with Gasteiger partial charge in [0, 0.05) is 24.2 Å². The van der Waals surface area contributed by atoms with Crippen LogP contribution in [0.15, 0.2) is 83.8 Å². The van der Waals surface area contributed by atoms with Gasteiger partial charge < -0.3 is 16.4 Å². The molecule has 5 aromatic rings. The monoisotopic (exact) mass is 544 g/mol. The molecule has 0 amide bonds. The number of nitriles is 1. The molecular formula is C32H32N8O. The number of rotatable bonds is 8. The largest absolute Gasteiger partial charge is 0.388 e. The summed E-state index contributed by atoms with van der Waals surface area (Å²) in [5, 5.41) is 16.8. The van der Waals surface area contributed by atoms with Crippen molar-refractivity contribution in [2.75, 3.05) is 23.4 Å². The molecule has 3 aromatic carbocycles. The van der Waals surface area contributed by atoms with E-state index in [9.17, 15) is 10.1 Å². The van der Waals surface area contributed by atoms with Gasteiger partial charge in [-0.05, 0) is 54.8 Å². The molecule has 41 heavy (non-hydrogen) atoms. The summed E-state index contributed by atoms with van der Waals surface area (Å²) in [6, 6.07) is 25.4. The Bertz CT molecular complexity index is 1830. The van der Waals surface area contributed by atoms with Crippen LogP contribution in [-0.4, -0.2) is 32.1 Å². The number of nitrogens with zero attached hydrogens (tertiary/aromatic N) is 5. The zero-order chi connectivity index (χ0) is 29.1. The molecule has 0 fully saturated rings. The number of anilines is 3. The Morgan fingerprint density at radius 3 is 2.54 bits per heavy atom. The molecule has 2 unspecified atom stereocenters. The van der Waals surface area contributed by atoms with Crippen molar-refractivity contribution < 1.29 is 0 Å². The van der Waals surface area contributed by atoms with Crippen LogP contribution in [0.4, 0.5) is 17.5 Å². The third kappa shape index (κ3) is 5.08. The average molecular weight is 545 g/mol. The minimum absolute atomic E-state index is 0.0671. The molecule has 2 heterocycles. The summed E-state index contributed by atoms with van der Waals surface area (Å²) in [6.45, 7) is 6.10. The molecule has 9 heteroatoms. The number of fused-ring (bicyclic) bond motifs is 1. The molecule has 0 saturated carbocycles. The standard InChI is InChI=1S/C32H32N8O/c1-5-32(3,39-28-22(18-33)19-36-31(34)38-28)20(2)29-37-26-16-10-15-25(21-11-9-12-23(17-21)35-4)27(26)30(41)40(29)24-13-7-6-8-14-24/h6-17,19-20,35H,5H2,1-4H3,(H3,34,36,38,39). The molecule has 0 aliphatic carbocycles. The lowest BCUT2D eigenvalue weighted by Crippen LogP contribution is -2.42. The van der Waals surface area contributed by atoms with Crippen molar-refractivity contribution in [2.45, 2.75) is 38.6 Å². The summed E-state index contributed by atoms with van der Waals surface area (Å²) in [4.78, 5) is 27.9. The Morgan fingerprint density at radius 2 is 1.83 bits per heavy atom. The first-order chi connectivity index (χ1) is 19.8. The van der Waals surface area contributed by atoms with Crippen molar-refractivity contribution in [3.8, 4) is 22.9 Å². The Hall–Kier alpha value is -5.23. The summed E-state index contributed by atoms with van der Waals surface area (Å²) < 4.78 is 1.70. The summed E-state index contributed by atoms with van der Waals surface area (Å²) in [7, 11) is 1.87. The molecule has 2 atom stereocenters. The average Bonchev–Trinajstić information content (AvgIpc) is 3.00. The van der Waals surface area contributed by atoms with E-state index in [-0.39, 0.29) is 23.0 Å². The lowest BCUT2D eigenvalue weighted by molar-refractivity contribution is 0.398. The normalized spacial score (nSPS) is 13.2. The van der Waals surface area contributed by atoms with Crippen LogP contribution in [-0.2, 0) is 0 Å². The summed E-state index contributed by atoms with van der Waals surface area (Å²) in [6.07, 6.45) is 2.05. The molecule has 0 aliphatic rings. The van der Waals surface area contributed by atoms with Crippen LogP contribution in [0.25, 0.3) is 27.7 Å². The second-order valence-electron chi connectivity index (χ2n) is 10.2. The summed E-state index contributed by atoms with van der Waals surface area (Å²) in [5.74, 6) is 0.700. The van der Waals surface area contributed by atoms with E-state index >= 15 is 0 Å². The molecule has 0 spiro atoms. The first-order valence-electron chi connectivity index (χ1n) is 13.5. The predicted octanol–water partition coefficient (Wildman–Crippen LogP) is 5.72. The third-order valence-electron chi connectivity index (χ3n) is 7.81. The van der Waals surface area contributed by atoms with Gasteiger partial charge in [-0.1, -0.05) is 56.3 Å². The molecular weight excluding hydrogens is 512 g/mol. The first-order valence-corrected chi connectivity index (χ1v) is 13.5. The summed E-state index contributed by atoms with van der Waals surface area (Å²) in [5.41, 5.74) is 9.34. The van der Waals surface area contributed by atoms with Crippen molar-refractivity contribution in [1.29, 1.82) is 5.26 Å². The number of aromatic nitrogens is 4. The lowest BCUT2D eigenvalue weighted by atomic mass is 9.83. The Morgan fingerprint density at radius 1 is 1.07 bits per heavy atom. The number of nitrogens with two attached hydrogens (primary N) is 1. The number of nitrogen functional groups attached to an aromatic ring is 1. The fourth-order valence-electron chi connectivity index (χ4n) is 5.08. The van der Waals surface area contributed by atoms with E-state index in [1.807, 2.05) is 101 Å². The molecule has 4 N–H and O–H groups in total. The van der Waals surface area contributed by atoms with Crippen LogP contribution in [0.3, 0.4) is 0 Å². The van der Waals surface area contributed by atoms with Crippen molar-refractivity contribution in [1.82, 2.24) is 19.5 Å². The molecule has 2 aromatic heterocycles. The maximum Gasteiger partial charge on any atom is 0.266 e. The van der Waals surface area contributed by atoms with E-state index in [1.54, 1.807) is 4.57 Å².